The summed E-state index contributed by atoms with van der Waals surface area (Å²) in [5.41, 5.74) is -1.01. The molecule has 28 heavy (non-hydrogen) atoms. The zero-order valence-electron chi connectivity index (χ0n) is 19.8. The fraction of sp³-hybridized carbons (Fsp3) is 0.913. The predicted octanol–water partition coefficient (Wildman–Crippen LogP) is 4.40. The molecule has 0 spiro atoms. The van der Waals surface area contributed by atoms with Gasteiger partial charge in [-0.2, -0.15) is 0 Å². The Morgan fingerprint density at radius 1 is 1.14 bits per heavy atom. The molecule has 1 atom stereocenters. The number of rotatable bonds is 10. The Kier molecular flexibility index (Phi) is 8.55. The molecule has 1 heterocycles. The minimum atomic E-state index is -0.541. The molecular weight excluding hydrogens is 352 g/mol. The average Bonchev–Trinajstić information content (AvgIpc) is 2.90. The Morgan fingerprint density at radius 3 is 2.29 bits per heavy atom. The zero-order chi connectivity index (χ0) is 21.8. The molecular formula is C23H44N2O3. The van der Waals surface area contributed by atoms with Gasteiger partial charge in [-0.05, 0) is 50.9 Å². The lowest BCUT2D eigenvalue weighted by Crippen LogP contribution is -2.52. The van der Waals surface area contributed by atoms with E-state index in [1.54, 1.807) is 7.11 Å². The van der Waals surface area contributed by atoms with Gasteiger partial charge in [-0.25, -0.2) is 0 Å². The third-order valence-corrected chi connectivity index (χ3v) is 5.54. The molecule has 0 bridgehead atoms. The Labute approximate surface area is 173 Å². The number of carbonyl (C=O) groups excluding carboxylic acids is 2. The lowest BCUT2D eigenvalue weighted by molar-refractivity contribution is -0.144. The van der Waals surface area contributed by atoms with E-state index in [1.165, 1.54) is 0 Å². The maximum atomic E-state index is 13.2. The molecule has 0 aromatic heterocycles. The molecule has 0 aliphatic carbocycles. The highest BCUT2D eigenvalue weighted by molar-refractivity contribution is 5.83. The number of nitrogens with one attached hydrogen (secondary N) is 1. The first-order chi connectivity index (χ1) is 12.7. The monoisotopic (exact) mass is 396 g/mol. The Balaban J connectivity index is 2.72. The number of amides is 2. The smallest absolute Gasteiger partial charge is 0.228 e. The molecule has 0 unspecified atom stereocenters. The molecule has 164 valence electrons. The van der Waals surface area contributed by atoms with Crippen molar-refractivity contribution in [3.8, 4) is 0 Å². The maximum Gasteiger partial charge on any atom is 0.228 e. The zero-order valence-corrected chi connectivity index (χ0v) is 19.8. The van der Waals surface area contributed by atoms with Gasteiger partial charge in [-0.1, -0.05) is 41.5 Å². The molecule has 1 saturated heterocycles. The van der Waals surface area contributed by atoms with Gasteiger partial charge in [0, 0.05) is 31.0 Å². The van der Waals surface area contributed by atoms with Crippen molar-refractivity contribution in [3.05, 3.63) is 0 Å². The Hall–Kier alpha value is -1.10. The van der Waals surface area contributed by atoms with Gasteiger partial charge in [0.1, 0.15) is 0 Å². The first-order valence-corrected chi connectivity index (χ1v) is 10.8. The van der Waals surface area contributed by atoms with E-state index in [0.29, 0.717) is 25.4 Å². The summed E-state index contributed by atoms with van der Waals surface area (Å²) in [6.45, 7) is 18.1. The molecule has 1 N–H and O–H groups in total. The molecule has 1 aliphatic rings. The van der Waals surface area contributed by atoms with E-state index in [9.17, 15) is 9.59 Å². The number of likely N-dealkylation sites (tertiary alicyclic amines) is 1. The van der Waals surface area contributed by atoms with Crippen LogP contribution in [-0.2, 0) is 14.3 Å². The minimum Gasteiger partial charge on any atom is -0.383 e. The first kappa shape index (κ1) is 24.9. The minimum absolute atomic E-state index is 0.0252. The third kappa shape index (κ3) is 7.73. The Bertz CT molecular complexity index is 538. The van der Waals surface area contributed by atoms with E-state index in [-0.39, 0.29) is 23.3 Å². The van der Waals surface area contributed by atoms with Crippen molar-refractivity contribution < 1.29 is 14.3 Å². The fourth-order valence-electron chi connectivity index (χ4n) is 5.12. The molecule has 2 amide bonds. The molecule has 1 rings (SSSR count). The van der Waals surface area contributed by atoms with Crippen LogP contribution in [0, 0.1) is 16.7 Å². The summed E-state index contributed by atoms with van der Waals surface area (Å²) in [4.78, 5) is 27.9. The van der Waals surface area contributed by atoms with Gasteiger partial charge in [0.2, 0.25) is 11.8 Å². The Morgan fingerprint density at radius 2 is 1.75 bits per heavy atom. The lowest BCUT2D eigenvalue weighted by atomic mass is 9.77. The number of hydrogen-bond donors (Lipinski definition) is 1. The SMILES string of the molecule is COC[C@@H]1CCCN1C(=O)C(C)(C)CC(C)(C)NC(=O)CC(C)(C)CC(C)C. The summed E-state index contributed by atoms with van der Waals surface area (Å²) in [5.74, 6) is 0.791. The number of nitrogens with zero attached hydrogens (tertiary/aromatic N) is 1. The summed E-state index contributed by atoms with van der Waals surface area (Å²) in [6.07, 6.45) is 4.15. The number of methoxy groups -OCH3 is 1. The number of carbonyl (C=O) groups is 2. The normalized spacial score (nSPS) is 18.6. The summed E-state index contributed by atoms with van der Waals surface area (Å²) < 4.78 is 5.30. The van der Waals surface area contributed by atoms with Gasteiger partial charge in [-0.3, -0.25) is 9.59 Å². The van der Waals surface area contributed by atoms with E-state index in [4.69, 9.17) is 4.74 Å². The van der Waals surface area contributed by atoms with Crippen LogP contribution in [0.4, 0.5) is 0 Å². The molecule has 1 fully saturated rings. The molecule has 0 saturated carbocycles. The van der Waals surface area contributed by atoms with E-state index < -0.39 is 11.0 Å². The van der Waals surface area contributed by atoms with Gasteiger partial charge in [0.25, 0.3) is 0 Å². The van der Waals surface area contributed by atoms with Crippen LogP contribution in [0.1, 0.15) is 87.5 Å². The van der Waals surface area contributed by atoms with Gasteiger partial charge in [0.05, 0.1) is 12.6 Å². The second-order valence-electron chi connectivity index (χ2n) is 11.2. The first-order valence-electron chi connectivity index (χ1n) is 10.8. The van der Waals surface area contributed by atoms with Gasteiger partial charge in [0.15, 0.2) is 0 Å². The van der Waals surface area contributed by atoms with Crippen molar-refractivity contribution in [1.82, 2.24) is 10.2 Å². The van der Waals surface area contributed by atoms with Crippen LogP contribution < -0.4 is 5.32 Å². The summed E-state index contributed by atoms with van der Waals surface area (Å²) in [7, 11) is 1.69. The maximum absolute atomic E-state index is 13.2. The summed E-state index contributed by atoms with van der Waals surface area (Å²) in [6, 6.07) is 0.173. The van der Waals surface area contributed by atoms with Crippen molar-refractivity contribution in [2.45, 2.75) is 99.1 Å². The van der Waals surface area contributed by atoms with Crippen molar-refractivity contribution >= 4 is 11.8 Å². The summed E-state index contributed by atoms with van der Waals surface area (Å²) >= 11 is 0. The van der Waals surface area contributed by atoms with Crippen molar-refractivity contribution in [3.63, 3.8) is 0 Å². The second kappa shape index (κ2) is 9.60. The highest BCUT2D eigenvalue weighted by Crippen LogP contribution is 2.34. The number of ether oxygens (including phenoxy) is 1. The molecule has 5 nitrogen and oxygen atoms in total. The molecule has 1 aliphatic heterocycles. The topological polar surface area (TPSA) is 58.6 Å². The molecule has 5 heteroatoms. The quantitative estimate of drug-likeness (QED) is 0.595. The van der Waals surface area contributed by atoms with Crippen LogP contribution in [0.5, 0.6) is 0 Å². The van der Waals surface area contributed by atoms with Crippen LogP contribution in [0.15, 0.2) is 0 Å². The number of hydrogen-bond acceptors (Lipinski definition) is 3. The van der Waals surface area contributed by atoms with Crippen LogP contribution >= 0.6 is 0 Å². The predicted molar refractivity (Wildman–Crippen MR) is 115 cm³/mol. The van der Waals surface area contributed by atoms with Gasteiger partial charge >= 0.3 is 0 Å². The highest BCUT2D eigenvalue weighted by Gasteiger charge is 2.41. The van der Waals surface area contributed by atoms with Gasteiger partial charge in [-0.15, -0.1) is 0 Å². The van der Waals surface area contributed by atoms with Crippen LogP contribution in [0.3, 0.4) is 0 Å². The van der Waals surface area contributed by atoms with Crippen molar-refractivity contribution in [2.24, 2.45) is 16.7 Å². The van der Waals surface area contributed by atoms with E-state index in [2.05, 4.69) is 33.0 Å². The third-order valence-electron chi connectivity index (χ3n) is 5.54. The van der Waals surface area contributed by atoms with E-state index >= 15 is 0 Å². The van der Waals surface area contributed by atoms with Crippen LogP contribution in [0.25, 0.3) is 0 Å². The lowest BCUT2D eigenvalue weighted by Gasteiger charge is -2.39. The molecule has 0 radical (unpaired) electrons. The second-order valence-corrected chi connectivity index (χ2v) is 11.2. The van der Waals surface area contributed by atoms with Crippen molar-refractivity contribution in [2.75, 3.05) is 20.3 Å². The largest absolute Gasteiger partial charge is 0.383 e. The van der Waals surface area contributed by atoms with Gasteiger partial charge < -0.3 is 15.0 Å². The fourth-order valence-corrected chi connectivity index (χ4v) is 5.12. The molecule has 0 aromatic rings. The van der Waals surface area contributed by atoms with Crippen LogP contribution in [-0.4, -0.2) is 48.6 Å². The highest BCUT2D eigenvalue weighted by atomic mass is 16.5. The van der Waals surface area contributed by atoms with E-state index in [1.807, 2.05) is 32.6 Å². The standard InChI is InChI=1S/C23H44N2O3/c1-17(2)13-21(3,4)14-19(26)24-23(7,8)16-22(5,6)20(27)25-12-10-11-18(25)15-28-9/h17-18H,10-16H2,1-9H3,(H,24,26)/t18-/m0/s1. The molecule has 0 aromatic carbocycles. The van der Waals surface area contributed by atoms with Crippen LogP contribution in [0.2, 0.25) is 0 Å². The summed E-state index contributed by atoms with van der Waals surface area (Å²) in [5, 5.41) is 3.19. The van der Waals surface area contributed by atoms with E-state index in [0.717, 1.165) is 25.8 Å². The van der Waals surface area contributed by atoms with Crippen molar-refractivity contribution in [1.29, 1.82) is 0 Å². The average molecular weight is 397 g/mol.